The van der Waals surface area contributed by atoms with Gasteiger partial charge in [0.05, 0.1) is 0 Å². The molecule has 1 fully saturated rings. The number of aromatic amines is 1. The lowest BCUT2D eigenvalue weighted by atomic mass is 9.98. The minimum atomic E-state index is 0.0303. The molecule has 0 aliphatic carbocycles. The molecule has 15 heavy (non-hydrogen) atoms. The fraction of sp³-hybridized carbons (Fsp3) is 0.700. The van der Waals surface area contributed by atoms with Crippen molar-refractivity contribution in [1.82, 2.24) is 15.6 Å². The van der Waals surface area contributed by atoms with Crippen LogP contribution in [-0.2, 0) is 6.54 Å². The number of H-pyrrole nitrogens is 1. The van der Waals surface area contributed by atoms with E-state index in [1.54, 1.807) is 0 Å². The minimum Gasteiger partial charge on any atom is -0.316 e. The molecular formula is C10H17N3OS. The average molecular weight is 227 g/mol. The van der Waals surface area contributed by atoms with E-state index in [2.05, 4.69) is 22.5 Å². The third-order valence-corrected chi connectivity index (χ3v) is 3.69. The maximum atomic E-state index is 10.9. The van der Waals surface area contributed by atoms with Gasteiger partial charge in [0, 0.05) is 17.6 Å². The highest BCUT2D eigenvalue weighted by Crippen LogP contribution is 2.14. The number of thiazole rings is 1. The number of hydrogen-bond donors (Lipinski definition) is 3. The van der Waals surface area contributed by atoms with Gasteiger partial charge in [-0.25, -0.2) is 0 Å². The molecule has 2 rings (SSSR count). The zero-order valence-corrected chi connectivity index (χ0v) is 9.69. The van der Waals surface area contributed by atoms with Crippen LogP contribution < -0.4 is 15.5 Å². The second-order valence-electron chi connectivity index (χ2n) is 4.20. The molecule has 1 saturated heterocycles. The molecule has 1 aliphatic heterocycles. The molecule has 0 radical (unpaired) electrons. The van der Waals surface area contributed by atoms with Gasteiger partial charge in [0.15, 0.2) is 0 Å². The smallest absolute Gasteiger partial charge is 0.304 e. The third kappa shape index (κ3) is 2.90. The molecule has 4 nitrogen and oxygen atoms in total. The van der Waals surface area contributed by atoms with Crippen molar-refractivity contribution >= 4 is 11.3 Å². The summed E-state index contributed by atoms with van der Waals surface area (Å²) in [5, 5.41) is 8.64. The molecule has 0 aromatic carbocycles. The molecule has 0 spiro atoms. The van der Waals surface area contributed by atoms with E-state index in [0.29, 0.717) is 0 Å². The number of hydrogen-bond acceptors (Lipinski definition) is 4. The highest BCUT2D eigenvalue weighted by molar-refractivity contribution is 7.07. The lowest BCUT2D eigenvalue weighted by Gasteiger charge is -2.14. The van der Waals surface area contributed by atoms with Crippen molar-refractivity contribution in [2.24, 2.45) is 11.8 Å². The van der Waals surface area contributed by atoms with Crippen LogP contribution in [0.3, 0.4) is 0 Å². The molecule has 2 heterocycles. The van der Waals surface area contributed by atoms with Crippen molar-refractivity contribution < 1.29 is 0 Å². The van der Waals surface area contributed by atoms with E-state index in [1.165, 1.54) is 11.3 Å². The molecule has 5 heteroatoms. The first-order valence-electron chi connectivity index (χ1n) is 5.34. The van der Waals surface area contributed by atoms with Crippen LogP contribution in [0.4, 0.5) is 0 Å². The maximum Gasteiger partial charge on any atom is 0.304 e. The maximum absolute atomic E-state index is 10.9. The van der Waals surface area contributed by atoms with Gasteiger partial charge in [-0.2, -0.15) is 0 Å². The van der Waals surface area contributed by atoms with Gasteiger partial charge in [-0.3, -0.25) is 4.79 Å². The van der Waals surface area contributed by atoms with Gasteiger partial charge in [0.2, 0.25) is 0 Å². The number of aromatic nitrogens is 1. The van der Waals surface area contributed by atoms with Gasteiger partial charge in [0.1, 0.15) is 0 Å². The number of nitrogens with one attached hydrogen (secondary N) is 3. The minimum absolute atomic E-state index is 0.0303. The summed E-state index contributed by atoms with van der Waals surface area (Å²) in [4.78, 5) is 13.7. The first kappa shape index (κ1) is 10.9. The molecule has 1 aromatic rings. The van der Waals surface area contributed by atoms with E-state index in [4.69, 9.17) is 0 Å². The van der Waals surface area contributed by atoms with Gasteiger partial charge >= 0.3 is 4.87 Å². The van der Waals surface area contributed by atoms with Crippen molar-refractivity contribution in [3.63, 3.8) is 0 Å². The summed E-state index contributed by atoms with van der Waals surface area (Å²) in [6.45, 7) is 6.29. The predicted molar refractivity (Wildman–Crippen MR) is 62.2 cm³/mol. The van der Waals surface area contributed by atoms with Crippen LogP contribution >= 0.6 is 11.3 Å². The van der Waals surface area contributed by atoms with E-state index >= 15 is 0 Å². The Morgan fingerprint density at radius 3 is 3.07 bits per heavy atom. The Morgan fingerprint density at radius 1 is 1.60 bits per heavy atom. The molecule has 0 bridgehead atoms. The van der Waals surface area contributed by atoms with E-state index in [0.717, 1.165) is 43.7 Å². The van der Waals surface area contributed by atoms with Crippen LogP contribution in [0.5, 0.6) is 0 Å². The standard InChI is InChI=1S/C10H17N3OS/c1-7-2-11-3-8(7)4-12-5-9-6-15-10(14)13-9/h6-8,11-12H,2-5H2,1H3,(H,13,14)/t7-,8+/m1/s1. The highest BCUT2D eigenvalue weighted by atomic mass is 32.1. The molecule has 1 aromatic heterocycles. The normalized spacial score (nSPS) is 25.9. The molecule has 1 aliphatic rings. The second kappa shape index (κ2) is 4.92. The lowest BCUT2D eigenvalue weighted by Crippen LogP contribution is -2.26. The van der Waals surface area contributed by atoms with E-state index in [-0.39, 0.29) is 4.87 Å². The first-order chi connectivity index (χ1) is 7.25. The quantitative estimate of drug-likeness (QED) is 0.697. The summed E-state index contributed by atoms with van der Waals surface area (Å²) < 4.78 is 0. The van der Waals surface area contributed by atoms with Crippen molar-refractivity contribution in [3.05, 3.63) is 20.7 Å². The van der Waals surface area contributed by atoms with Crippen molar-refractivity contribution in [2.45, 2.75) is 13.5 Å². The van der Waals surface area contributed by atoms with Crippen LogP contribution in [-0.4, -0.2) is 24.6 Å². The van der Waals surface area contributed by atoms with Gasteiger partial charge in [-0.1, -0.05) is 18.3 Å². The Morgan fingerprint density at radius 2 is 2.47 bits per heavy atom. The number of rotatable bonds is 4. The van der Waals surface area contributed by atoms with Crippen molar-refractivity contribution in [2.75, 3.05) is 19.6 Å². The molecule has 84 valence electrons. The monoisotopic (exact) mass is 227 g/mol. The van der Waals surface area contributed by atoms with Crippen LogP contribution in [0.25, 0.3) is 0 Å². The van der Waals surface area contributed by atoms with Crippen LogP contribution in [0.2, 0.25) is 0 Å². The second-order valence-corrected chi connectivity index (χ2v) is 5.04. The predicted octanol–water partition coefficient (Wildman–Crippen LogP) is 0.381. The SMILES string of the molecule is C[C@@H]1CNC[C@H]1CNCc1csc(=O)[nH]1. The first-order valence-corrected chi connectivity index (χ1v) is 6.22. The molecular weight excluding hydrogens is 210 g/mol. The average Bonchev–Trinajstić information content (AvgIpc) is 2.77. The van der Waals surface area contributed by atoms with E-state index in [9.17, 15) is 4.79 Å². The Bertz CT molecular complexity index is 360. The van der Waals surface area contributed by atoms with Crippen molar-refractivity contribution in [3.8, 4) is 0 Å². The van der Waals surface area contributed by atoms with Gasteiger partial charge < -0.3 is 15.6 Å². The zero-order chi connectivity index (χ0) is 10.7. The summed E-state index contributed by atoms with van der Waals surface area (Å²) in [5.74, 6) is 1.47. The summed E-state index contributed by atoms with van der Waals surface area (Å²) in [6, 6.07) is 0. The third-order valence-electron chi connectivity index (χ3n) is 2.97. The molecule has 0 saturated carbocycles. The summed E-state index contributed by atoms with van der Waals surface area (Å²) in [7, 11) is 0. The van der Waals surface area contributed by atoms with Gasteiger partial charge in [0.25, 0.3) is 0 Å². The van der Waals surface area contributed by atoms with Gasteiger partial charge in [-0.15, -0.1) is 0 Å². The fourth-order valence-electron chi connectivity index (χ4n) is 1.93. The van der Waals surface area contributed by atoms with Crippen molar-refractivity contribution in [1.29, 1.82) is 0 Å². The van der Waals surface area contributed by atoms with E-state index < -0.39 is 0 Å². The highest BCUT2D eigenvalue weighted by Gasteiger charge is 2.22. The van der Waals surface area contributed by atoms with Gasteiger partial charge in [-0.05, 0) is 31.5 Å². The Balaban J connectivity index is 1.73. The van der Waals surface area contributed by atoms with Crippen LogP contribution in [0, 0.1) is 11.8 Å². The Labute approximate surface area is 93.1 Å². The molecule has 3 N–H and O–H groups in total. The molecule has 2 atom stereocenters. The largest absolute Gasteiger partial charge is 0.316 e. The lowest BCUT2D eigenvalue weighted by molar-refractivity contribution is 0.419. The van der Waals surface area contributed by atoms with Crippen LogP contribution in [0.15, 0.2) is 10.2 Å². The molecule has 0 unspecified atom stereocenters. The van der Waals surface area contributed by atoms with Crippen LogP contribution in [0.1, 0.15) is 12.6 Å². The topological polar surface area (TPSA) is 56.9 Å². The fourth-order valence-corrected chi connectivity index (χ4v) is 2.51. The summed E-state index contributed by atoms with van der Waals surface area (Å²) in [6.07, 6.45) is 0. The molecule has 0 amide bonds. The zero-order valence-electron chi connectivity index (χ0n) is 8.88. The summed E-state index contributed by atoms with van der Waals surface area (Å²) >= 11 is 1.22. The summed E-state index contributed by atoms with van der Waals surface area (Å²) in [5.41, 5.74) is 0.989. The Kier molecular flexibility index (Phi) is 3.56. The Hall–Kier alpha value is -0.650. The van der Waals surface area contributed by atoms with E-state index in [1.807, 2.05) is 5.38 Å².